The summed E-state index contributed by atoms with van der Waals surface area (Å²) in [6.45, 7) is 5.51. The van der Waals surface area contributed by atoms with Crippen LogP contribution in [0, 0.1) is 5.92 Å². The summed E-state index contributed by atoms with van der Waals surface area (Å²) in [6, 6.07) is 0.452. The Morgan fingerprint density at radius 3 is 2.67 bits per heavy atom. The molecule has 0 amide bonds. The monoisotopic (exact) mass is 228 g/mol. The summed E-state index contributed by atoms with van der Waals surface area (Å²) in [5.41, 5.74) is 0. The summed E-state index contributed by atoms with van der Waals surface area (Å²) in [5.74, 6) is 0.690. The number of rotatable bonds is 6. The van der Waals surface area contributed by atoms with Crippen molar-refractivity contribution in [3.8, 4) is 0 Å². The van der Waals surface area contributed by atoms with Crippen LogP contribution in [-0.4, -0.2) is 40.9 Å². The molecule has 0 saturated heterocycles. The van der Waals surface area contributed by atoms with Crippen molar-refractivity contribution in [2.75, 3.05) is 26.0 Å². The molecular weight excluding hydrogens is 208 g/mol. The first-order valence-electron chi connectivity index (χ1n) is 5.26. The van der Waals surface area contributed by atoms with Crippen LogP contribution >= 0.6 is 11.5 Å². The van der Waals surface area contributed by atoms with Gasteiger partial charge in [0.2, 0.25) is 5.13 Å². The van der Waals surface area contributed by atoms with Gasteiger partial charge in [0.25, 0.3) is 0 Å². The first kappa shape index (κ1) is 12.4. The third-order valence-electron chi connectivity index (χ3n) is 2.03. The van der Waals surface area contributed by atoms with Crippen LogP contribution in [0.5, 0.6) is 0 Å². The van der Waals surface area contributed by atoms with Gasteiger partial charge in [0.15, 0.2) is 0 Å². The van der Waals surface area contributed by atoms with Crippen molar-refractivity contribution in [1.29, 1.82) is 0 Å². The second kappa shape index (κ2) is 6.02. The third-order valence-corrected chi connectivity index (χ3v) is 2.63. The van der Waals surface area contributed by atoms with Gasteiger partial charge in [-0.1, -0.05) is 13.8 Å². The summed E-state index contributed by atoms with van der Waals surface area (Å²) < 4.78 is 3.99. The molecule has 0 spiro atoms. The molecular formula is C10H20N4S. The fourth-order valence-corrected chi connectivity index (χ4v) is 2.11. The number of nitrogens with zero attached hydrogens (tertiary/aromatic N) is 3. The quantitative estimate of drug-likeness (QED) is 0.807. The van der Waals surface area contributed by atoms with Crippen LogP contribution in [0.3, 0.4) is 0 Å². The first-order valence-corrected chi connectivity index (χ1v) is 6.03. The van der Waals surface area contributed by atoms with E-state index in [-0.39, 0.29) is 0 Å². The maximum atomic E-state index is 4.15. The van der Waals surface area contributed by atoms with Gasteiger partial charge in [0.05, 0.1) is 0 Å². The van der Waals surface area contributed by atoms with E-state index in [0.29, 0.717) is 12.0 Å². The van der Waals surface area contributed by atoms with Gasteiger partial charge in [-0.2, -0.15) is 4.37 Å². The highest BCUT2D eigenvalue weighted by molar-refractivity contribution is 7.09. The summed E-state index contributed by atoms with van der Waals surface area (Å²) in [7, 11) is 4.18. The molecule has 0 bridgehead atoms. The van der Waals surface area contributed by atoms with Crippen LogP contribution in [0.1, 0.15) is 20.3 Å². The highest BCUT2D eigenvalue weighted by atomic mass is 32.1. The van der Waals surface area contributed by atoms with Gasteiger partial charge in [-0.25, -0.2) is 4.98 Å². The molecule has 0 saturated carbocycles. The second-order valence-electron chi connectivity index (χ2n) is 4.48. The van der Waals surface area contributed by atoms with Crippen LogP contribution < -0.4 is 5.32 Å². The van der Waals surface area contributed by atoms with E-state index in [2.05, 4.69) is 47.5 Å². The predicted octanol–water partition coefficient (Wildman–Crippen LogP) is 1.93. The Morgan fingerprint density at radius 1 is 1.47 bits per heavy atom. The fourth-order valence-electron chi connectivity index (χ4n) is 1.60. The van der Waals surface area contributed by atoms with E-state index in [9.17, 15) is 0 Å². The van der Waals surface area contributed by atoms with E-state index >= 15 is 0 Å². The van der Waals surface area contributed by atoms with Crippen LogP contribution in [0.25, 0.3) is 0 Å². The molecule has 1 atom stereocenters. The molecule has 4 nitrogen and oxygen atoms in total. The zero-order chi connectivity index (χ0) is 11.3. The predicted molar refractivity (Wildman–Crippen MR) is 65.3 cm³/mol. The highest BCUT2D eigenvalue weighted by Gasteiger charge is 2.12. The molecule has 0 radical (unpaired) electrons. The van der Waals surface area contributed by atoms with Crippen molar-refractivity contribution in [2.24, 2.45) is 5.92 Å². The van der Waals surface area contributed by atoms with Gasteiger partial charge in [-0.05, 0) is 26.4 Å². The lowest BCUT2D eigenvalue weighted by Crippen LogP contribution is -2.33. The SMILES string of the molecule is CC(C)CC(CN(C)C)Nc1ncns1. The van der Waals surface area contributed by atoms with E-state index in [4.69, 9.17) is 0 Å². The zero-order valence-corrected chi connectivity index (χ0v) is 10.7. The smallest absolute Gasteiger partial charge is 0.202 e. The van der Waals surface area contributed by atoms with Gasteiger partial charge in [-0.3, -0.25) is 0 Å². The molecule has 86 valence electrons. The largest absolute Gasteiger partial charge is 0.356 e. The van der Waals surface area contributed by atoms with Crippen LogP contribution in [0.2, 0.25) is 0 Å². The Balaban J connectivity index is 2.48. The van der Waals surface area contributed by atoms with Crippen molar-refractivity contribution in [3.05, 3.63) is 6.33 Å². The molecule has 0 fully saturated rings. The van der Waals surface area contributed by atoms with Crippen LogP contribution in [0.4, 0.5) is 5.13 Å². The Bertz CT molecular complexity index is 248. The van der Waals surface area contributed by atoms with E-state index in [0.717, 1.165) is 18.1 Å². The molecule has 1 aromatic rings. The molecule has 5 heteroatoms. The van der Waals surface area contributed by atoms with Crippen LogP contribution in [0.15, 0.2) is 6.33 Å². The number of nitrogens with one attached hydrogen (secondary N) is 1. The zero-order valence-electron chi connectivity index (χ0n) is 9.90. The van der Waals surface area contributed by atoms with Crippen molar-refractivity contribution in [1.82, 2.24) is 14.3 Å². The lowest BCUT2D eigenvalue weighted by Gasteiger charge is -2.23. The minimum absolute atomic E-state index is 0.452. The van der Waals surface area contributed by atoms with Crippen molar-refractivity contribution >= 4 is 16.7 Å². The molecule has 0 aliphatic carbocycles. The molecule has 1 unspecified atom stereocenters. The van der Waals surface area contributed by atoms with Gasteiger partial charge in [0, 0.05) is 24.1 Å². The van der Waals surface area contributed by atoms with Gasteiger partial charge in [0.1, 0.15) is 6.33 Å². The average Bonchev–Trinajstić information content (AvgIpc) is 2.53. The normalized spacial score (nSPS) is 13.5. The number of hydrogen-bond donors (Lipinski definition) is 1. The van der Waals surface area contributed by atoms with E-state index in [1.165, 1.54) is 11.5 Å². The number of anilines is 1. The standard InChI is InChI=1S/C10H20N4S/c1-8(2)5-9(6-14(3)4)13-10-11-7-12-15-10/h7-9H,5-6H2,1-4H3,(H,11,12,13). The number of likely N-dealkylation sites (N-methyl/N-ethyl adjacent to an activating group) is 1. The lowest BCUT2D eigenvalue weighted by atomic mass is 10.0. The summed E-state index contributed by atoms with van der Waals surface area (Å²) in [6.07, 6.45) is 2.74. The minimum atomic E-state index is 0.452. The van der Waals surface area contributed by atoms with Crippen molar-refractivity contribution in [3.63, 3.8) is 0 Å². The maximum Gasteiger partial charge on any atom is 0.202 e. The summed E-state index contributed by atoms with van der Waals surface area (Å²) in [4.78, 5) is 6.34. The Hall–Kier alpha value is -0.680. The topological polar surface area (TPSA) is 41.0 Å². The minimum Gasteiger partial charge on any atom is -0.356 e. The molecule has 0 aliphatic heterocycles. The molecule has 0 aliphatic rings. The molecule has 1 N–H and O–H groups in total. The van der Waals surface area contributed by atoms with E-state index < -0.39 is 0 Å². The fraction of sp³-hybridized carbons (Fsp3) is 0.800. The maximum absolute atomic E-state index is 4.15. The Kier molecular flexibility index (Phi) is 4.98. The second-order valence-corrected chi connectivity index (χ2v) is 5.26. The summed E-state index contributed by atoms with van der Waals surface area (Å²) in [5, 5.41) is 4.34. The number of hydrogen-bond acceptors (Lipinski definition) is 5. The molecule has 0 aromatic carbocycles. The highest BCUT2D eigenvalue weighted by Crippen LogP contribution is 2.13. The van der Waals surface area contributed by atoms with Gasteiger partial charge < -0.3 is 10.2 Å². The van der Waals surface area contributed by atoms with Gasteiger partial charge >= 0.3 is 0 Å². The molecule has 1 rings (SSSR count). The van der Waals surface area contributed by atoms with E-state index in [1.807, 2.05) is 0 Å². The Morgan fingerprint density at radius 2 is 2.20 bits per heavy atom. The van der Waals surface area contributed by atoms with Gasteiger partial charge in [-0.15, -0.1) is 0 Å². The van der Waals surface area contributed by atoms with Crippen molar-refractivity contribution in [2.45, 2.75) is 26.3 Å². The first-order chi connectivity index (χ1) is 7.08. The van der Waals surface area contributed by atoms with Crippen LogP contribution in [-0.2, 0) is 0 Å². The molecule has 1 aromatic heterocycles. The third kappa shape index (κ3) is 5.09. The molecule has 15 heavy (non-hydrogen) atoms. The average molecular weight is 228 g/mol. The Labute approximate surface area is 95.9 Å². The molecule has 1 heterocycles. The van der Waals surface area contributed by atoms with Crippen molar-refractivity contribution < 1.29 is 0 Å². The van der Waals surface area contributed by atoms with E-state index in [1.54, 1.807) is 6.33 Å². The number of aromatic nitrogens is 2. The lowest BCUT2D eigenvalue weighted by molar-refractivity contribution is 0.356. The summed E-state index contributed by atoms with van der Waals surface area (Å²) >= 11 is 1.41.